The van der Waals surface area contributed by atoms with Gasteiger partial charge >= 0.3 is 5.97 Å². The van der Waals surface area contributed by atoms with Crippen molar-refractivity contribution in [1.29, 1.82) is 0 Å². The minimum atomic E-state index is -0.605. The predicted octanol–water partition coefficient (Wildman–Crippen LogP) is 4.28. The lowest BCUT2D eigenvalue weighted by atomic mass is 9.90. The molecule has 6 nitrogen and oxygen atoms in total. The van der Waals surface area contributed by atoms with Gasteiger partial charge in [0.25, 0.3) is 0 Å². The van der Waals surface area contributed by atoms with Crippen molar-refractivity contribution in [3.8, 4) is 23.0 Å². The largest absolute Gasteiger partial charge is 0.491 e. The Kier molecular flexibility index (Phi) is 4.63. The Morgan fingerprint density at radius 3 is 2.57 bits per heavy atom. The highest BCUT2D eigenvalue weighted by Gasteiger charge is 2.34. The molecule has 2 aromatic rings. The Labute approximate surface area is 163 Å². The number of esters is 1. The van der Waals surface area contributed by atoms with Crippen LogP contribution >= 0.6 is 0 Å². The first-order chi connectivity index (χ1) is 13.5. The van der Waals surface area contributed by atoms with Gasteiger partial charge in [-0.05, 0) is 56.7 Å². The second-order valence-electron chi connectivity index (χ2n) is 6.97. The van der Waals surface area contributed by atoms with E-state index in [1.165, 1.54) is 7.11 Å². The van der Waals surface area contributed by atoms with Crippen molar-refractivity contribution in [2.24, 2.45) is 0 Å². The molecule has 2 aromatic carbocycles. The average molecular weight is 382 g/mol. The van der Waals surface area contributed by atoms with Crippen LogP contribution in [0.2, 0.25) is 0 Å². The summed E-state index contributed by atoms with van der Waals surface area (Å²) < 4.78 is 27.9. The Morgan fingerprint density at radius 1 is 1.07 bits per heavy atom. The van der Waals surface area contributed by atoms with Crippen LogP contribution in [0.4, 0.5) is 0 Å². The first-order valence-corrected chi connectivity index (χ1v) is 9.14. The molecule has 0 saturated heterocycles. The number of benzene rings is 2. The first-order valence-electron chi connectivity index (χ1n) is 9.14. The summed E-state index contributed by atoms with van der Waals surface area (Å²) in [6.45, 7) is 6.01. The fourth-order valence-electron chi connectivity index (χ4n) is 3.46. The highest BCUT2D eigenvalue weighted by atomic mass is 16.7. The lowest BCUT2D eigenvalue weighted by Crippen LogP contribution is -2.23. The maximum absolute atomic E-state index is 12.6. The van der Waals surface area contributed by atoms with Crippen LogP contribution in [0.1, 0.15) is 38.0 Å². The SMILES string of the molecule is COC(=O)C1=C(C)c2cc(OC(C)C)ccc2OC1c1ccc2c(c1)OCO2. The summed E-state index contributed by atoms with van der Waals surface area (Å²) in [6.07, 6.45) is -0.556. The van der Waals surface area contributed by atoms with Crippen LogP contribution < -0.4 is 18.9 Å². The second-order valence-corrected chi connectivity index (χ2v) is 6.97. The van der Waals surface area contributed by atoms with Gasteiger partial charge < -0.3 is 23.7 Å². The molecule has 6 heteroatoms. The van der Waals surface area contributed by atoms with Crippen LogP contribution in [0.25, 0.3) is 5.57 Å². The summed E-state index contributed by atoms with van der Waals surface area (Å²) in [5.74, 6) is 2.29. The van der Waals surface area contributed by atoms with E-state index in [0.29, 0.717) is 22.8 Å². The van der Waals surface area contributed by atoms with Gasteiger partial charge in [-0.2, -0.15) is 0 Å². The van der Waals surface area contributed by atoms with Crippen molar-refractivity contribution < 1.29 is 28.5 Å². The molecular weight excluding hydrogens is 360 g/mol. The van der Waals surface area contributed by atoms with Gasteiger partial charge in [-0.25, -0.2) is 4.79 Å². The molecule has 0 bridgehead atoms. The van der Waals surface area contributed by atoms with Gasteiger partial charge in [0.2, 0.25) is 6.79 Å². The molecule has 0 saturated carbocycles. The van der Waals surface area contributed by atoms with E-state index in [1.54, 1.807) is 0 Å². The highest BCUT2D eigenvalue weighted by Crippen LogP contribution is 2.45. The van der Waals surface area contributed by atoms with Gasteiger partial charge in [0, 0.05) is 11.1 Å². The number of carbonyl (C=O) groups excluding carboxylic acids is 1. The molecule has 0 N–H and O–H groups in total. The zero-order valence-corrected chi connectivity index (χ0v) is 16.3. The number of methoxy groups -OCH3 is 1. The lowest BCUT2D eigenvalue weighted by Gasteiger charge is -2.29. The number of allylic oxidation sites excluding steroid dienone is 1. The number of hydrogen-bond donors (Lipinski definition) is 0. The molecule has 0 fully saturated rings. The molecule has 0 spiro atoms. The van der Waals surface area contributed by atoms with Crippen LogP contribution in [0.15, 0.2) is 42.0 Å². The number of ether oxygens (including phenoxy) is 5. The molecule has 4 rings (SSSR count). The van der Waals surface area contributed by atoms with E-state index < -0.39 is 12.1 Å². The van der Waals surface area contributed by atoms with E-state index in [9.17, 15) is 4.79 Å². The monoisotopic (exact) mass is 382 g/mol. The third kappa shape index (κ3) is 3.15. The summed E-state index contributed by atoms with van der Waals surface area (Å²) in [7, 11) is 1.37. The molecule has 1 atom stereocenters. The van der Waals surface area contributed by atoms with Crippen molar-refractivity contribution in [1.82, 2.24) is 0 Å². The third-order valence-electron chi connectivity index (χ3n) is 4.74. The highest BCUT2D eigenvalue weighted by molar-refractivity contribution is 6.00. The Morgan fingerprint density at radius 2 is 1.82 bits per heavy atom. The van der Waals surface area contributed by atoms with E-state index in [-0.39, 0.29) is 12.9 Å². The molecule has 2 aliphatic heterocycles. The van der Waals surface area contributed by atoms with Crippen LogP contribution in [0.5, 0.6) is 23.0 Å². The van der Waals surface area contributed by atoms with Crippen molar-refractivity contribution in [2.45, 2.75) is 33.0 Å². The van der Waals surface area contributed by atoms with Gasteiger partial charge in [0.1, 0.15) is 11.5 Å². The molecule has 0 radical (unpaired) electrons. The summed E-state index contributed by atoms with van der Waals surface area (Å²) in [6, 6.07) is 11.2. The van der Waals surface area contributed by atoms with Crippen molar-refractivity contribution in [2.75, 3.05) is 13.9 Å². The number of carbonyl (C=O) groups is 1. The topological polar surface area (TPSA) is 63.2 Å². The van der Waals surface area contributed by atoms with E-state index in [0.717, 1.165) is 22.4 Å². The van der Waals surface area contributed by atoms with Gasteiger partial charge in [0.05, 0.1) is 18.8 Å². The molecule has 28 heavy (non-hydrogen) atoms. The minimum Gasteiger partial charge on any atom is -0.491 e. The van der Waals surface area contributed by atoms with Crippen LogP contribution in [0.3, 0.4) is 0 Å². The zero-order valence-electron chi connectivity index (χ0n) is 16.3. The van der Waals surface area contributed by atoms with E-state index in [2.05, 4.69) is 0 Å². The van der Waals surface area contributed by atoms with Crippen molar-refractivity contribution in [3.05, 3.63) is 53.1 Å². The second kappa shape index (κ2) is 7.11. The summed E-state index contributed by atoms with van der Waals surface area (Å²) in [5.41, 5.74) is 2.85. The van der Waals surface area contributed by atoms with Crippen LogP contribution in [-0.4, -0.2) is 26.0 Å². The fourth-order valence-corrected chi connectivity index (χ4v) is 3.46. The zero-order chi connectivity index (χ0) is 19.8. The van der Waals surface area contributed by atoms with Crippen LogP contribution in [-0.2, 0) is 9.53 Å². The van der Waals surface area contributed by atoms with E-state index >= 15 is 0 Å². The quantitative estimate of drug-likeness (QED) is 0.736. The molecule has 1 unspecified atom stereocenters. The summed E-state index contributed by atoms with van der Waals surface area (Å²) in [4.78, 5) is 12.6. The molecular formula is C22H22O6. The predicted molar refractivity (Wildman–Crippen MR) is 103 cm³/mol. The molecule has 0 amide bonds. The lowest BCUT2D eigenvalue weighted by molar-refractivity contribution is -0.137. The molecule has 0 aromatic heterocycles. The van der Waals surface area contributed by atoms with Gasteiger partial charge in [-0.3, -0.25) is 0 Å². The number of hydrogen-bond acceptors (Lipinski definition) is 6. The standard InChI is InChI=1S/C22H22O6/c1-12(2)27-15-6-8-17-16(10-15)13(3)20(22(23)24-4)21(28-17)14-5-7-18-19(9-14)26-11-25-18/h5-10,12,21H,11H2,1-4H3. The molecule has 2 heterocycles. The Balaban J connectivity index is 1.80. The summed E-state index contributed by atoms with van der Waals surface area (Å²) in [5, 5.41) is 0. The Bertz CT molecular complexity index is 959. The van der Waals surface area contributed by atoms with Gasteiger partial charge in [0.15, 0.2) is 17.6 Å². The van der Waals surface area contributed by atoms with E-state index in [1.807, 2.05) is 57.2 Å². The third-order valence-corrected chi connectivity index (χ3v) is 4.74. The summed E-state index contributed by atoms with van der Waals surface area (Å²) >= 11 is 0. The van der Waals surface area contributed by atoms with Gasteiger partial charge in [-0.15, -0.1) is 0 Å². The maximum atomic E-state index is 12.6. The normalized spacial score (nSPS) is 17.2. The smallest absolute Gasteiger partial charge is 0.338 e. The fraction of sp³-hybridized carbons (Fsp3) is 0.318. The van der Waals surface area contributed by atoms with E-state index in [4.69, 9.17) is 23.7 Å². The van der Waals surface area contributed by atoms with Crippen LogP contribution in [0, 0.1) is 0 Å². The maximum Gasteiger partial charge on any atom is 0.338 e. The molecule has 2 aliphatic rings. The van der Waals surface area contributed by atoms with Gasteiger partial charge in [-0.1, -0.05) is 6.07 Å². The Hall–Kier alpha value is -3.15. The van der Waals surface area contributed by atoms with Crippen molar-refractivity contribution >= 4 is 11.5 Å². The average Bonchev–Trinajstić information content (AvgIpc) is 3.15. The number of rotatable bonds is 4. The van der Waals surface area contributed by atoms with Crippen molar-refractivity contribution in [3.63, 3.8) is 0 Å². The number of fused-ring (bicyclic) bond motifs is 2. The molecule has 146 valence electrons. The first kappa shape index (κ1) is 18.2. The minimum absolute atomic E-state index is 0.0494. The molecule has 0 aliphatic carbocycles.